The molecule has 1 heterocycles. The van der Waals surface area contributed by atoms with E-state index < -0.39 is 0 Å². The normalized spacial score (nSPS) is 10.8. The number of carbonyl (C=O) groups excluding carboxylic acids is 1. The fourth-order valence-electron chi connectivity index (χ4n) is 2.27. The Kier molecular flexibility index (Phi) is 2.68. The third kappa shape index (κ3) is 1.72. The number of imidazole rings is 1. The second kappa shape index (κ2) is 4.38. The summed E-state index contributed by atoms with van der Waals surface area (Å²) < 4.78 is 2.59. The zero-order valence-corrected chi connectivity index (χ0v) is 10.9. The quantitative estimate of drug-likeness (QED) is 0.681. The van der Waals surface area contributed by atoms with Crippen LogP contribution < -0.4 is 11.4 Å². The number of nitrogen functional groups attached to an aromatic ring is 1. The van der Waals surface area contributed by atoms with Gasteiger partial charge in [0, 0.05) is 18.3 Å². The maximum Gasteiger partial charge on any atom is 0.335 e. The largest absolute Gasteiger partial charge is 0.399 e. The highest BCUT2D eigenvalue weighted by Crippen LogP contribution is 2.17. The monoisotopic (exact) mass is 267 g/mol. The van der Waals surface area contributed by atoms with Gasteiger partial charge in [0.25, 0.3) is 5.91 Å². The first kappa shape index (κ1) is 12.2. The van der Waals surface area contributed by atoms with Crippen molar-refractivity contribution in [1.82, 2.24) is 9.13 Å². The van der Waals surface area contributed by atoms with Gasteiger partial charge < -0.3 is 5.73 Å². The van der Waals surface area contributed by atoms with Gasteiger partial charge in [0.2, 0.25) is 0 Å². The third-order valence-electron chi connectivity index (χ3n) is 3.30. The van der Waals surface area contributed by atoms with Crippen LogP contribution in [0, 0.1) is 0 Å². The molecule has 0 bridgehead atoms. The fraction of sp³-hybridized carbons (Fsp3) is 0.0667. The van der Waals surface area contributed by atoms with Gasteiger partial charge >= 0.3 is 5.69 Å². The molecule has 0 unspecified atom stereocenters. The molecule has 3 aromatic rings. The van der Waals surface area contributed by atoms with E-state index in [-0.39, 0.29) is 11.6 Å². The van der Waals surface area contributed by atoms with Crippen molar-refractivity contribution < 1.29 is 4.79 Å². The molecule has 2 aromatic carbocycles. The average molecular weight is 267 g/mol. The Hall–Kier alpha value is -2.82. The molecule has 0 aliphatic rings. The Morgan fingerprint density at radius 2 is 1.75 bits per heavy atom. The molecule has 3 rings (SSSR count). The first-order chi connectivity index (χ1) is 9.59. The third-order valence-corrected chi connectivity index (χ3v) is 3.30. The molecule has 0 aliphatic carbocycles. The van der Waals surface area contributed by atoms with Gasteiger partial charge in [0.1, 0.15) is 0 Å². The maximum absolute atomic E-state index is 12.5. The van der Waals surface area contributed by atoms with E-state index in [1.54, 1.807) is 49.5 Å². The Balaban J connectivity index is 2.32. The van der Waals surface area contributed by atoms with Crippen LogP contribution in [-0.2, 0) is 7.05 Å². The molecule has 2 N–H and O–H groups in total. The molecule has 100 valence electrons. The van der Waals surface area contributed by atoms with Crippen LogP contribution in [-0.4, -0.2) is 15.0 Å². The average Bonchev–Trinajstić information content (AvgIpc) is 2.71. The summed E-state index contributed by atoms with van der Waals surface area (Å²) in [4.78, 5) is 24.8. The standard InChI is InChI=1S/C15H13N3O2/c1-17-12-8-7-11(16)9-13(12)18(15(17)20)14(19)10-5-3-2-4-6-10/h2-9H,16H2,1H3. The minimum Gasteiger partial charge on any atom is -0.399 e. The van der Waals surface area contributed by atoms with E-state index in [1.165, 1.54) is 4.57 Å². The van der Waals surface area contributed by atoms with Crippen LogP contribution in [0.25, 0.3) is 11.0 Å². The lowest BCUT2D eigenvalue weighted by molar-refractivity contribution is 0.0960. The number of benzene rings is 2. The van der Waals surface area contributed by atoms with E-state index in [2.05, 4.69) is 0 Å². The number of nitrogens with zero attached hydrogens (tertiary/aromatic N) is 2. The number of hydrogen-bond acceptors (Lipinski definition) is 3. The van der Waals surface area contributed by atoms with Crippen LogP contribution in [0.3, 0.4) is 0 Å². The molecule has 0 atom stereocenters. The first-order valence-corrected chi connectivity index (χ1v) is 6.16. The summed E-state index contributed by atoms with van der Waals surface area (Å²) in [6, 6.07) is 13.8. The van der Waals surface area contributed by atoms with Crippen LogP contribution in [0.15, 0.2) is 53.3 Å². The topological polar surface area (TPSA) is 70.0 Å². The van der Waals surface area contributed by atoms with Gasteiger partial charge in [-0.05, 0) is 30.3 Å². The van der Waals surface area contributed by atoms with Crippen molar-refractivity contribution >= 4 is 22.6 Å². The summed E-state index contributed by atoms with van der Waals surface area (Å²) in [5, 5.41) is 0. The van der Waals surface area contributed by atoms with Crippen LogP contribution in [0.1, 0.15) is 10.4 Å². The number of anilines is 1. The molecule has 1 aromatic heterocycles. The second-order valence-electron chi connectivity index (χ2n) is 4.60. The predicted molar refractivity (Wildman–Crippen MR) is 77.8 cm³/mol. The molecule has 20 heavy (non-hydrogen) atoms. The lowest BCUT2D eigenvalue weighted by Gasteiger charge is -2.02. The minimum atomic E-state index is -0.376. The molecule has 0 aliphatic heterocycles. The summed E-state index contributed by atoms with van der Waals surface area (Å²) in [6.45, 7) is 0. The van der Waals surface area contributed by atoms with Crippen LogP contribution in [0.5, 0.6) is 0 Å². The van der Waals surface area contributed by atoms with E-state index in [0.29, 0.717) is 22.3 Å². The Morgan fingerprint density at radius 1 is 1.05 bits per heavy atom. The lowest BCUT2D eigenvalue weighted by atomic mass is 10.2. The highest BCUT2D eigenvalue weighted by Gasteiger charge is 2.17. The predicted octanol–water partition coefficient (Wildman–Crippen LogP) is 1.61. The molecular weight excluding hydrogens is 254 g/mol. The van der Waals surface area contributed by atoms with Crippen molar-refractivity contribution in [2.75, 3.05) is 5.73 Å². The van der Waals surface area contributed by atoms with Gasteiger partial charge in [-0.3, -0.25) is 9.36 Å². The van der Waals surface area contributed by atoms with Gasteiger partial charge in [0.15, 0.2) is 0 Å². The van der Waals surface area contributed by atoms with Crippen molar-refractivity contribution in [3.63, 3.8) is 0 Å². The molecular formula is C15H13N3O2. The molecule has 0 amide bonds. The molecule has 0 saturated heterocycles. The summed E-state index contributed by atoms with van der Waals surface area (Å²) in [6.07, 6.45) is 0. The number of aromatic nitrogens is 2. The number of rotatable bonds is 1. The van der Waals surface area contributed by atoms with E-state index in [0.717, 1.165) is 4.57 Å². The SMILES string of the molecule is Cn1c(=O)n(C(=O)c2ccccc2)c2cc(N)ccc21. The van der Waals surface area contributed by atoms with Gasteiger partial charge in [-0.1, -0.05) is 18.2 Å². The van der Waals surface area contributed by atoms with Gasteiger partial charge in [-0.25, -0.2) is 9.36 Å². The zero-order chi connectivity index (χ0) is 14.3. The van der Waals surface area contributed by atoms with Crippen LogP contribution in [0.2, 0.25) is 0 Å². The van der Waals surface area contributed by atoms with Crippen molar-refractivity contribution in [2.45, 2.75) is 0 Å². The molecule has 0 saturated carbocycles. The summed E-state index contributed by atoms with van der Waals surface area (Å²) in [5.74, 6) is -0.355. The van der Waals surface area contributed by atoms with Crippen LogP contribution >= 0.6 is 0 Å². The first-order valence-electron chi connectivity index (χ1n) is 6.16. The van der Waals surface area contributed by atoms with Crippen molar-refractivity contribution in [3.05, 3.63) is 64.6 Å². The number of fused-ring (bicyclic) bond motifs is 1. The van der Waals surface area contributed by atoms with Crippen molar-refractivity contribution in [1.29, 1.82) is 0 Å². The zero-order valence-electron chi connectivity index (χ0n) is 10.9. The Morgan fingerprint density at radius 3 is 2.45 bits per heavy atom. The number of carbonyl (C=O) groups is 1. The van der Waals surface area contributed by atoms with Gasteiger partial charge in [-0.2, -0.15) is 0 Å². The van der Waals surface area contributed by atoms with Crippen molar-refractivity contribution in [2.24, 2.45) is 7.05 Å². The van der Waals surface area contributed by atoms with E-state index >= 15 is 0 Å². The van der Waals surface area contributed by atoms with E-state index in [4.69, 9.17) is 5.73 Å². The second-order valence-corrected chi connectivity index (χ2v) is 4.60. The number of aryl methyl sites for hydroxylation is 1. The summed E-state index contributed by atoms with van der Waals surface area (Å²) in [7, 11) is 1.63. The van der Waals surface area contributed by atoms with Gasteiger partial charge in [-0.15, -0.1) is 0 Å². The van der Waals surface area contributed by atoms with Gasteiger partial charge in [0.05, 0.1) is 11.0 Å². The number of hydrogen-bond donors (Lipinski definition) is 1. The van der Waals surface area contributed by atoms with Crippen LogP contribution in [0.4, 0.5) is 5.69 Å². The summed E-state index contributed by atoms with van der Waals surface area (Å²) >= 11 is 0. The van der Waals surface area contributed by atoms with Crippen molar-refractivity contribution in [3.8, 4) is 0 Å². The smallest absolute Gasteiger partial charge is 0.335 e. The number of nitrogens with two attached hydrogens (primary N) is 1. The maximum atomic E-state index is 12.5. The molecule has 0 radical (unpaired) electrons. The fourth-order valence-corrected chi connectivity index (χ4v) is 2.27. The molecule has 5 heteroatoms. The lowest BCUT2D eigenvalue weighted by Crippen LogP contribution is -2.28. The minimum absolute atomic E-state index is 0.355. The summed E-state index contributed by atoms with van der Waals surface area (Å²) in [5.41, 5.74) is 7.55. The highest BCUT2D eigenvalue weighted by atomic mass is 16.2. The van der Waals surface area contributed by atoms with E-state index in [1.807, 2.05) is 6.07 Å². The molecule has 5 nitrogen and oxygen atoms in total. The highest BCUT2D eigenvalue weighted by molar-refractivity contribution is 6.01. The molecule has 0 fully saturated rings. The molecule has 0 spiro atoms. The van der Waals surface area contributed by atoms with E-state index in [9.17, 15) is 9.59 Å². The Bertz CT molecular complexity index is 860. The Labute approximate surface area is 114 Å².